The molecule has 5 heteroatoms. The normalized spacial score (nSPS) is 13.5. The average Bonchev–Trinajstić information content (AvgIpc) is 2.34. The molecule has 0 saturated heterocycles. The lowest BCUT2D eigenvalue weighted by molar-refractivity contribution is 0.555. The van der Waals surface area contributed by atoms with Crippen LogP contribution in [0, 0.1) is 5.82 Å². The largest absolute Gasteiger partial charge is 0.310 e. The molecule has 18 heavy (non-hydrogen) atoms. The number of hydrogen-bond acceptors (Lipinski definition) is 3. The second-order valence-corrected chi connectivity index (χ2v) is 6.79. The van der Waals surface area contributed by atoms with E-state index in [0.717, 1.165) is 5.56 Å². The van der Waals surface area contributed by atoms with Crippen LogP contribution in [0.1, 0.15) is 31.9 Å². The molecule has 0 spiro atoms. The lowest BCUT2D eigenvalue weighted by Crippen LogP contribution is -2.22. The first kappa shape index (κ1) is 15.1. The van der Waals surface area contributed by atoms with Gasteiger partial charge in [-0.05, 0) is 37.6 Å². The molecule has 0 aliphatic carbocycles. The molecule has 0 aromatic heterocycles. The Bertz CT molecular complexity index is 474. The molecule has 1 N–H and O–H groups in total. The van der Waals surface area contributed by atoms with E-state index in [1.54, 1.807) is 13.0 Å². The smallest absolute Gasteiger partial charge is 0.150 e. The van der Waals surface area contributed by atoms with Crippen LogP contribution in [0.15, 0.2) is 24.3 Å². The lowest BCUT2D eigenvalue weighted by atomic mass is 10.1. The molecule has 1 rings (SSSR count). The summed E-state index contributed by atoms with van der Waals surface area (Å²) in [5.41, 5.74) is 0.869. The fourth-order valence-electron chi connectivity index (χ4n) is 1.65. The van der Waals surface area contributed by atoms with Gasteiger partial charge in [-0.1, -0.05) is 19.1 Å². The van der Waals surface area contributed by atoms with Crippen molar-refractivity contribution in [1.82, 2.24) is 5.32 Å². The number of rotatable bonds is 7. The van der Waals surface area contributed by atoms with Crippen LogP contribution in [-0.2, 0) is 9.84 Å². The third kappa shape index (κ3) is 5.14. The molecule has 1 aromatic rings. The van der Waals surface area contributed by atoms with E-state index in [2.05, 4.69) is 5.32 Å². The summed E-state index contributed by atoms with van der Waals surface area (Å²) in [6.45, 7) is 4.19. The quantitative estimate of drug-likeness (QED) is 0.775. The van der Waals surface area contributed by atoms with Crippen LogP contribution in [0.4, 0.5) is 4.39 Å². The van der Waals surface area contributed by atoms with Crippen LogP contribution in [0.3, 0.4) is 0 Å². The Balaban J connectivity index is 2.36. The number of halogens is 1. The number of benzene rings is 1. The molecule has 102 valence electrons. The van der Waals surface area contributed by atoms with Crippen molar-refractivity contribution in [2.75, 3.05) is 18.1 Å². The van der Waals surface area contributed by atoms with Crippen LogP contribution in [0.5, 0.6) is 0 Å². The molecular weight excluding hydrogens is 253 g/mol. The molecule has 1 atom stereocenters. The van der Waals surface area contributed by atoms with Crippen molar-refractivity contribution < 1.29 is 12.8 Å². The maximum atomic E-state index is 13.0. The molecule has 0 aliphatic heterocycles. The second-order valence-electron chi connectivity index (χ2n) is 4.32. The summed E-state index contributed by atoms with van der Waals surface area (Å²) in [7, 11) is -2.89. The Labute approximate surface area is 108 Å². The SMILES string of the molecule is CCS(=O)(=O)CCCN[C@@H](C)c1cccc(F)c1. The van der Waals surface area contributed by atoms with Gasteiger partial charge in [-0.25, -0.2) is 12.8 Å². The molecule has 0 unspecified atom stereocenters. The van der Waals surface area contributed by atoms with Gasteiger partial charge >= 0.3 is 0 Å². The summed E-state index contributed by atoms with van der Waals surface area (Å²) in [5, 5.41) is 3.19. The van der Waals surface area contributed by atoms with Crippen molar-refractivity contribution in [2.24, 2.45) is 0 Å². The van der Waals surface area contributed by atoms with Gasteiger partial charge in [0.2, 0.25) is 0 Å². The first-order valence-electron chi connectivity index (χ1n) is 6.14. The van der Waals surface area contributed by atoms with Gasteiger partial charge in [-0.3, -0.25) is 0 Å². The molecular formula is C13H20FNO2S. The Morgan fingerprint density at radius 3 is 2.72 bits per heavy atom. The van der Waals surface area contributed by atoms with Crippen molar-refractivity contribution in [3.05, 3.63) is 35.6 Å². The van der Waals surface area contributed by atoms with Crippen molar-refractivity contribution in [3.8, 4) is 0 Å². The van der Waals surface area contributed by atoms with Gasteiger partial charge in [-0.15, -0.1) is 0 Å². The Hall–Kier alpha value is -0.940. The molecule has 1 aromatic carbocycles. The van der Waals surface area contributed by atoms with E-state index in [0.29, 0.717) is 13.0 Å². The monoisotopic (exact) mass is 273 g/mol. The maximum Gasteiger partial charge on any atom is 0.150 e. The zero-order chi connectivity index (χ0) is 13.6. The summed E-state index contributed by atoms with van der Waals surface area (Å²) in [5.74, 6) is 0.133. The van der Waals surface area contributed by atoms with Crippen LogP contribution in [-0.4, -0.2) is 26.5 Å². The van der Waals surface area contributed by atoms with Gasteiger partial charge in [0.25, 0.3) is 0 Å². The predicted molar refractivity (Wildman–Crippen MR) is 71.8 cm³/mol. The van der Waals surface area contributed by atoms with Gasteiger partial charge in [0, 0.05) is 11.8 Å². The molecule has 0 heterocycles. The summed E-state index contributed by atoms with van der Waals surface area (Å²) in [4.78, 5) is 0. The van der Waals surface area contributed by atoms with Crippen molar-refractivity contribution >= 4 is 9.84 Å². The lowest BCUT2D eigenvalue weighted by Gasteiger charge is -2.14. The van der Waals surface area contributed by atoms with Gasteiger partial charge in [0.15, 0.2) is 0 Å². The fourth-order valence-corrected chi connectivity index (χ4v) is 2.52. The van der Waals surface area contributed by atoms with E-state index in [4.69, 9.17) is 0 Å². The highest BCUT2D eigenvalue weighted by atomic mass is 32.2. The number of sulfone groups is 1. The Morgan fingerprint density at radius 1 is 1.39 bits per heavy atom. The maximum absolute atomic E-state index is 13.0. The van der Waals surface area contributed by atoms with Crippen LogP contribution >= 0.6 is 0 Å². The average molecular weight is 273 g/mol. The fraction of sp³-hybridized carbons (Fsp3) is 0.538. The zero-order valence-electron chi connectivity index (χ0n) is 10.8. The highest BCUT2D eigenvalue weighted by Crippen LogP contribution is 2.13. The Kier molecular flexibility index (Phi) is 5.75. The van der Waals surface area contributed by atoms with Gasteiger partial charge in [0.05, 0.1) is 5.75 Å². The van der Waals surface area contributed by atoms with E-state index in [9.17, 15) is 12.8 Å². The first-order valence-corrected chi connectivity index (χ1v) is 7.96. The van der Waals surface area contributed by atoms with E-state index in [1.807, 2.05) is 13.0 Å². The summed E-state index contributed by atoms with van der Waals surface area (Å²) >= 11 is 0. The van der Waals surface area contributed by atoms with Crippen molar-refractivity contribution in [3.63, 3.8) is 0 Å². The molecule has 0 fully saturated rings. The van der Waals surface area contributed by atoms with Gasteiger partial charge in [0.1, 0.15) is 15.7 Å². The molecule has 0 bridgehead atoms. The van der Waals surface area contributed by atoms with Gasteiger partial charge in [-0.2, -0.15) is 0 Å². The molecule has 0 radical (unpaired) electrons. The molecule has 0 amide bonds. The zero-order valence-corrected chi connectivity index (χ0v) is 11.6. The van der Waals surface area contributed by atoms with E-state index in [1.165, 1.54) is 12.1 Å². The summed E-state index contributed by atoms with van der Waals surface area (Å²) in [6.07, 6.45) is 0.579. The minimum absolute atomic E-state index is 0.0185. The van der Waals surface area contributed by atoms with E-state index < -0.39 is 9.84 Å². The van der Waals surface area contributed by atoms with Crippen molar-refractivity contribution in [1.29, 1.82) is 0 Å². The third-order valence-electron chi connectivity index (χ3n) is 2.87. The molecule has 3 nitrogen and oxygen atoms in total. The first-order chi connectivity index (χ1) is 8.44. The topological polar surface area (TPSA) is 46.2 Å². The van der Waals surface area contributed by atoms with Crippen LogP contribution < -0.4 is 5.32 Å². The highest BCUT2D eigenvalue weighted by molar-refractivity contribution is 7.91. The van der Waals surface area contributed by atoms with E-state index >= 15 is 0 Å². The van der Waals surface area contributed by atoms with Crippen LogP contribution in [0.2, 0.25) is 0 Å². The van der Waals surface area contributed by atoms with E-state index in [-0.39, 0.29) is 23.4 Å². The summed E-state index contributed by atoms with van der Waals surface area (Å²) < 4.78 is 35.6. The number of nitrogens with one attached hydrogen (secondary N) is 1. The summed E-state index contributed by atoms with van der Waals surface area (Å²) in [6, 6.07) is 6.43. The minimum atomic E-state index is -2.89. The van der Waals surface area contributed by atoms with Gasteiger partial charge < -0.3 is 5.32 Å². The molecule has 0 aliphatic rings. The van der Waals surface area contributed by atoms with Crippen molar-refractivity contribution in [2.45, 2.75) is 26.3 Å². The second kappa shape index (κ2) is 6.85. The standard InChI is InChI=1S/C13H20FNO2S/c1-3-18(16,17)9-5-8-15-11(2)12-6-4-7-13(14)10-12/h4,6-7,10-11,15H,3,5,8-9H2,1-2H3/t11-/m0/s1. The Morgan fingerprint density at radius 2 is 2.11 bits per heavy atom. The highest BCUT2D eigenvalue weighted by Gasteiger charge is 2.08. The number of hydrogen-bond donors (Lipinski definition) is 1. The molecule has 0 saturated carbocycles. The minimum Gasteiger partial charge on any atom is -0.310 e. The third-order valence-corrected chi connectivity index (χ3v) is 4.66. The van der Waals surface area contributed by atoms with Crippen LogP contribution in [0.25, 0.3) is 0 Å². The predicted octanol–water partition coefficient (Wildman–Crippen LogP) is 2.30.